The van der Waals surface area contributed by atoms with Crippen LogP contribution in [0.15, 0.2) is 24.3 Å². The van der Waals surface area contributed by atoms with Crippen LogP contribution in [0.2, 0.25) is 0 Å². The summed E-state index contributed by atoms with van der Waals surface area (Å²) in [6, 6.07) is 7.66. The van der Waals surface area contributed by atoms with E-state index in [2.05, 4.69) is 12.2 Å². The van der Waals surface area contributed by atoms with E-state index in [9.17, 15) is 9.59 Å². The molecule has 1 saturated carbocycles. The van der Waals surface area contributed by atoms with Crippen molar-refractivity contribution >= 4 is 17.6 Å². The van der Waals surface area contributed by atoms with Gasteiger partial charge in [-0.05, 0) is 43.9 Å². The molecule has 0 bridgehead atoms. The molecule has 0 radical (unpaired) electrons. The van der Waals surface area contributed by atoms with Crippen LogP contribution in [0.5, 0.6) is 0 Å². The highest BCUT2D eigenvalue weighted by atomic mass is 16.5. The zero-order valence-corrected chi connectivity index (χ0v) is 11.4. The van der Waals surface area contributed by atoms with Crippen molar-refractivity contribution in [1.29, 1.82) is 0 Å². The topological polar surface area (TPSA) is 55.4 Å². The average Bonchev–Trinajstić information content (AvgIpc) is 3.21. The minimum atomic E-state index is -0.945. The van der Waals surface area contributed by atoms with Gasteiger partial charge >= 0.3 is 5.97 Å². The van der Waals surface area contributed by atoms with Gasteiger partial charge < -0.3 is 10.1 Å². The summed E-state index contributed by atoms with van der Waals surface area (Å²) in [5.74, 6) is -0.659. The largest absolute Gasteiger partial charge is 0.465 e. The molecule has 4 nitrogen and oxygen atoms in total. The number of hydrogen-bond donors (Lipinski definition) is 1. The van der Waals surface area contributed by atoms with E-state index >= 15 is 0 Å². The molecule has 0 heterocycles. The maximum atomic E-state index is 12.2. The van der Waals surface area contributed by atoms with Gasteiger partial charge in [0.15, 0.2) is 0 Å². The number of carbonyl (C=O) groups is 2. The summed E-state index contributed by atoms with van der Waals surface area (Å²) in [5.41, 5.74) is 0.988. The second kappa shape index (κ2) is 5.43. The SMILES string of the molecule is CCOC(=O)C1(C(=O)Nc2ccc(CC)cc2)CC1. The Bertz CT molecular complexity index is 475. The summed E-state index contributed by atoms with van der Waals surface area (Å²) in [7, 11) is 0. The Balaban J connectivity index is 2.02. The number of ether oxygens (including phenoxy) is 1. The van der Waals surface area contributed by atoms with Crippen LogP contribution in [0.1, 0.15) is 32.3 Å². The smallest absolute Gasteiger partial charge is 0.321 e. The van der Waals surface area contributed by atoms with Crippen LogP contribution in [-0.2, 0) is 20.7 Å². The van der Waals surface area contributed by atoms with E-state index in [0.29, 0.717) is 19.4 Å². The summed E-state index contributed by atoms with van der Waals surface area (Å²) in [5, 5.41) is 2.80. The number of benzene rings is 1. The first-order chi connectivity index (χ1) is 9.12. The number of amides is 1. The third-order valence-electron chi connectivity index (χ3n) is 3.47. The Labute approximate surface area is 113 Å². The van der Waals surface area contributed by atoms with Gasteiger partial charge in [-0.15, -0.1) is 0 Å². The molecule has 1 fully saturated rings. The summed E-state index contributed by atoms with van der Waals surface area (Å²) < 4.78 is 4.96. The Hall–Kier alpha value is -1.84. The Morgan fingerprint density at radius 3 is 2.32 bits per heavy atom. The lowest BCUT2D eigenvalue weighted by molar-refractivity contribution is -0.152. The van der Waals surface area contributed by atoms with Crippen molar-refractivity contribution in [3.63, 3.8) is 0 Å². The van der Waals surface area contributed by atoms with Gasteiger partial charge in [0.25, 0.3) is 0 Å². The molecule has 1 N–H and O–H groups in total. The van der Waals surface area contributed by atoms with Crippen LogP contribution >= 0.6 is 0 Å². The minimum absolute atomic E-state index is 0.254. The molecule has 1 amide bonds. The summed E-state index contributed by atoms with van der Waals surface area (Å²) in [6.45, 7) is 4.13. The van der Waals surface area contributed by atoms with Gasteiger partial charge in [-0.25, -0.2) is 0 Å². The van der Waals surface area contributed by atoms with Crippen LogP contribution in [0.4, 0.5) is 5.69 Å². The van der Waals surface area contributed by atoms with Gasteiger partial charge in [-0.1, -0.05) is 19.1 Å². The molecule has 0 spiro atoms. The van der Waals surface area contributed by atoms with E-state index in [1.54, 1.807) is 6.92 Å². The Kier molecular flexibility index (Phi) is 3.88. The van der Waals surface area contributed by atoms with Crippen LogP contribution in [0, 0.1) is 5.41 Å². The van der Waals surface area contributed by atoms with Crippen molar-refractivity contribution in [3.05, 3.63) is 29.8 Å². The van der Waals surface area contributed by atoms with Crippen molar-refractivity contribution < 1.29 is 14.3 Å². The van der Waals surface area contributed by atoms with Crippen LogP contribution in [0.25, 0.3) is 0 Å². The maximum Gasteiger partial charge on any atom is 0.321 e. The zero-order chi connectivity index (χ0) is 13.9. The third-order valence-corrected chi connectivity index (χ3v) is 3.47. The summed E-state index contributed by atoms with van der Waals surface area (Å²) >= 11 is 0. The first-order valence-corrected chi connectivity index (χ1v) is 6.70. The van der Waals surface area contributed by atoms with E-state index in [-0.39, 0.29) is 5.91 Å². The molecule has 1 aromatic carbocycles. The second-order valence-electron chi connectivity index (χ2n) is 4.81. The molecule has 0 atom stereocenters. The van der Waals surface area contributed by atoms with E-state index < -0.39 is 11.4 Å². The molecule has 0 aromatic heterocycles. The van der Waals surface area contributed by atoms with Gasteiger partial charge in [0, 0.05) is 5.69 Å². The minimum Gasteiger partial charge on any atom is -0.465 e. The molecule has 4 heteroatoms. The number of hydrogen-bond acceptors (Lipinski definition) is 3. The lowest BCUT2D eigenvalue weighted by Crippen LogP contribution is -2.33. The van der Waals surface area contributed by atoms with Crippen LogP contribution in [0.3, 0.4) is 0 Å². The van der Waals surface area contributed by atoms with E-state index in [1.807, 2.05) is 24.3 Å². The highest BCUT2D eigenvalue weighted by Crippen LogP contribution is 2.47. The number of nitrogens with one attached hydrogen (secondary N) is 1. The standard InChI is InChI=1S/C15H19NO3/c1-3-11-5-7-12(8-6-11)16-13(17)15(9-10-15)14(18)19-4-2/h5-8H,3-4,9-10H2,1-2H3,(H,16,17). The Morgan fingerprint density at radius 1 is 1.21 bits per heavy atom. The van der Waals surface area contributed by atoms with Gasteiger partial charge in [-0.2, -0.15) is 0 Å². The first kappa shape index (κ1) is 13.6. The van der Waals surface area contributed by atoms with E-state index in [1.165, 1.54) is 5.56 Å². The first-order valence-electron chi connectivity index (χ1n) is 6.70. The van der Waals surface area contributed by atoms with Gasteiger partial charge in [-0.3, -0.25) is 9.59 Å². The normalized spacial score (nSPS) is 15.7. The zero-order valence-electron chi connectivity index (χ0n) is 11.4. The fraction of sp³-hybridized carbons (Fsp3) is 0.467. The average molecular weight is 261 g/mol. The molecule has 0 aliphatic heterocycles. The molecule has 1 aliphatic carbocycles. The fourth-order valence-electron chi connectivity index (χ4n) is 1.99. The number of esters is 1. The molecular weight excluding hydrogens is 242 g/mol. The van der Waals surface area contributed by atoms with Crippen molar-refractivity contribution in [2.45, 2.75) is 33.1 Å². The molecule has 1 aliphatic rings. The molecule has 19 heavy (non-hydrogen) atoms. The third kappa shape index (κ3) is 2.78. The molecular formula is C15H19NO3. The second-order valence-corrected chi connectivity index (χ2v) is 4.81. The molecule has 2 rings (SSSR count). The lowest BCUT2D eigenvalue weighted by atomic mass is 10.1. The highest BCUT2D eigenvalue weighted by molar-refractivity contribution is 6.11. The number of rotatable bonds is 5. The van der Waals surface area contributed by atoms with Gasteiger partial charge in [0.05, 0.1) is 6.61 Å². The van der Waals surface area contributed by atoms with Crippen LogP contribution < -0.4 is 5.32 Å². The molecule has 0 saturated heterocycles. The Morgan fingerprint density at radius 2 is 1.84 bits per heavy atom. The van der Waals surface area contributed by atoms with Gasteiger partial charge in [0.1, 0.15) is 5.41 Å². The van der Waals surface area contributed by atoms with Crippen molar-refractivity contribution in [2.24, 2.45) is 5.41 Å². The number of aryl methyl sites for hydroxylation is 1. The molecule has 102 valence electrons. The van der Waals surface area contributed by atoms with Crippen molar-refractivity contribution in [2.75, 3.05) is 11.9 Å². The summed E-state index contributed by atoms with van der Waals surface area (Å²) in [4.78, 5) is 23.9. The summed E-state index contributed by atoms with van der Waals surface area (Å²) in [6.07, 6.45) is 2.11. The van der Waals surface area contributed by atoms with E-state index in [4.69, 9.17) is 4.74 Å². The predicted octanol–water partition coefficient (Wildman–Crippen LogP) is 2.53. The van der Waals surface area contributed by atoms with Crippen molar-refractivity contribution in [1.82, 2.24) is 0 Å². The molecule has 0 unspecified atom stereocenters. The quantitative estimate of drug-likeness (QED) is 0.654. The maximum absolute atomic E-state index is 12.2. The fourth-order valence-corrected chi connectivity index (χ4v) is 1.99. The van der Waals surface area contributed by atoms with Crippen molar-refractivity contribution in [3.8, 4) is 0 Å². The highest BCUT2D eigenvalue weighted by Gasteiger charge is 2.58. The van der Waals surface area contributed by atoms with E-state index in [0.717, 1.165) is 12.1 Å². The van der Waals surface area contributed by atoms with Gasteiger partial charge in [0.2, 0.25) is 5.91 Å². The molecule has 1 aromatic rings. The number of carbonyl (C=O) groups excluding carboxylic acids is 2. The number of anilines is 1. The predicted molar refractivity (Wildman–Crippen MR) is 72.7 cm³/mol. The lowest BCUT2D eigenvalue weighted by Gasteiger charge is -2.14. The van der Waals surface area contributed by atoms with Crippen LogP contribution in [-0.4, -0.2) is 18.5 Å². The monoisotopic (exact) mass is 261 g/mol.